The number of rotatable bonds is 6. The Morgan fingerprint density at radius 3 is 1.70 bits per heavy atom. The van der Waals surface area contributed by atoms with Gasteiger partial charge in [-0.3, -0.25) is 20.4 Å². The Labute approximate surface area is 155 Å². The van der Waals surface area contributed by atoms with Crippen molar-refractivity contribution in [1.82, 2.24) is 10.9 Å². The molecule has 2 amide bonds. The maximum absolute atomic E-state index is 12.9. The highest BCUT2D eigenvalue weighted by Crippen LogP contribution is 2.14. The zero-order chi connectivity index (χ0) is 19.8. The van der Waals surface area contributed by atoms with E-state index in [4.69, 9.17) is 14.7 Å². The summed E-state index contributed by atoms with van der Waals surface area (Å²) in [4.78, 5) is 24.0. The van der Waals surface area contributed by atoms with Crippen LogP contribution in [0.2, 0.25) is 0 Å². The molecule has 2 unspecified atom stereocenters. The molecule has 0 aromatic heterocycles. The minimum absolute atomic E-state index is 0.322. The van der Waals surface area contributed by atoms with Gasteiger partial charge in [0.25, 0.3) is 11.8 Å². The van der Waals surface area contributed by atoms with Crippen LogP contribution in [-0.2, 0) is 9.59 Å². The zero-order valence-electron chi connectivity index (χ0n) is 14.7. The molecule has 2 N–H and O–H groups in total. The predicted molar refractivity (Wildman–Crippen MR) is 94.0 cm³/mol. The van der Waals surface area contributed by atoms with Gasteiger partial charge in [0.15, 0.2) is 12.2 Å². The number of nitrogens with one attached hydrogen (secondary N) is 2. The van der Waals surface area contributed by atoms with E-state index in [2.05, 4.69) is 10.9 Å². The van der Waals surface area contributed by atoms with Gasteiger partial charge in [0.2, 0.25) is 0 Å². The Morgan fingerprint density at radius 2 is 1.30 bits per heavy atom. The molecule has 0 radical (unpaired) electrons. The van der Waals surface area contributed by atoms with Crippen LogP contribution in [0.15, 0.2) is 48.5 Å². The molecule has 27 heavy (non-hydrogen) atoms. The van der Waals surface area contributed by atoms with Crippen LogP contribution in [0.5, 0.6) is 11.5 Å². The fraction of sp³-hybridized carbons (Fsp3) is 0.211. The number of benzene rings is 2. The van der Waals surface area contributed by atoms with E-state index in [-0.39, 0.29) is 0 Å². The van der Waals surface area contributed by atoms with Crippen LogP contribution in [0.1, 0.15) is 19.4 Å². The molecule has 2 rings (SSSR count). The molecule has 0 aliphatic carbocycles. The molecular weight excluding hydrogens is 353 g/mol. The molecule has 0 saturated carbocycles. The van der Waals surface area contributed by atoms with Crippen LogP contribution in [0.3, 0.4) is 0 Å². The average Bonchev–Trinajstić information content (AvgIpc) is 2.68. The number of hydrogen-bond acceptors (Lipinski definition) is 5. The molecule has 2 atom stereocenters. The van der Waals surface area contributed by atoms with Crippen molar-refractivity contribution in [2.24, 2.45) is 0 Å². The summed E-state index contributed by atoms with van der Waals surface area (Å²) in [5, 5.41) is 8.75. The minimum Gasteiger partial charge on any atom is -0.481 e. The first-order valence-corrected chi connectivity index (χ1v) is 8.08. The van der Waals surface area contributed by atoms with Crippen molar-refractivity contribution in [3.63, 3.8) is 0 Å². The lowest BCUT2D eigenvalue weighted by atomic mass is 10.2. The van der Waals surface area contributed by atoms with Crippen LogP contribution < -0.4 is 20.3 Å². The van der Waals surface area contributed by atoms with Gasteiger partial charge in [-0.1, -0.05) is 0 Å². The van der Waals surface area contributed by atoms with E-state index in [1.165, 1.54) is 38.1 Å². The van der Waals surface area contributed by atoms with Crippen LogP contribution in [0.25, 0.3) is 0 Å². The number of halogens is 1. The first-order chi connectivity index (χ1) is 12.9. The molecule has 0 spiro atoms. The van der Waals surface area contributed by atoms with E-state index >= 15 is 0 Å². The highest BCUT2D eigenvalue weighted by atomic mass is 19.1. The van der Waals surface area contributed by atoms with E-state index < -0.39 is 29.8 Å². The second-order valence-electron chi connectivity index (χ2n) is 5.59. The number of carbonyl (C=O) groups is 2. The largest absolute Gasteiger partial charge is 0.481 e. The second-order valence-corrected chi connectivity index (χ2v) is 5.59. The highest BCUT2D eigenvalue weighted by Gasteiger charge is 2.19. The fourth-order valence-corrected chi connectivity index (χ4v) is 1.96. The van der Waals surface area contributed by atoms with Gasteiger partial charge in [0, 0.05) is 0 Å². The van der Waals surface area contributed by atoms with E-state index in [0.29, 0.717) is 17.1 Å². The standard InChI is InChI=1S/C19H18FN3O4/c1-12(26-16-7-3-14(11-21)4-8-16)18(24)22-23-19(25)13(2)27-17-9-5-15(20)6-10-17/h3-10,12-13H,1-2H3,(H,22,24)(H,23,25). The van der Waals surface area contributed by atoms with E-state index in [1.807, 2.05) is 6.07 Å². The second kappa shape index (κ2) is 9.20. The van der Waals surface area contributed by atoms with Gasteiger partial charge in [0.1, 0.15) is 17.3 Å². The number of carbonyl (C=O) groups excluding carboxylic acids is 2. The lowest BCUT2D eigenvalue weighted by Gasteiger charge is -2.17. The number of hydrogen-bond donors (Lipinski definition) is 2. The number of nitriles is 1. The molecule has 0 aliphatic heterocycles. The Balaban J connectivity index is 1.79. The Hall–Kier alpha value is -3.60. The molecule has 2 aromatic carbocycles. The number of nitrogens with zero attached hydrogens (tertiary/aromatic N) is 1. The monoisotopic (exact) mass is 371 g/mol. The number of ether oxygens (including phenoxy) is 2. The molecule has 0 aliphatic rings. The van der Waals surface area contributed by atoms with E-state index in [0.717, 1.165) is 0 Å². The lowest BCUT2D eigenvalue weighted by Crippen LogP contribution is -2.50. The van der Waals surface area contributed by atoms with Gasteiger partial charge >= 0.3 is 0 Å². The summed E-state index contributed by atoms with van der Waals surface area (Å²) in [6.45, 7) is 3.00. The summed E-state index contributed by atoms with van der Waals surface area (Å²) in [7, 11) is 0. The molecule has 8 heteroatoms. The van der Waals surface area contributed by atoms with Crippen LogP contribution in [-0.4, -0.2) is 24.0 Å². The third-order valence-electron chi connectivity index (χ3n) is 3.47. The summed E-state index contributed by atoms with van der Waals surface area (Å²) >= 11 is 0. The van der Waals surface area contributed by atoms with Gasteiger partial charge in [-0.25, -0.2) is 4.39 Å². The molecule has 7 nitrogen and oxygen atoms in total. The predicted octanol–water partition coefficient (Wildman–Crippen LogP) is 2.08. The molecular formula is C19H18FN3O4. The lowest BCUT2D eigenvalue weighted by molar-refractivity contribution is -0.135. The van der Waals surface area contributed by atoms with Gasteiger partial charge in [0.05, 0.1) is 11.6 Å². The molecule has 0 saturated heterocycles. The van der Waals surface area contributed by atoms with Crippen LogP contribution in [0, 0.1) is 17.1 Å². The molecule has 140 valence electrons. The molecule has 0 heterocycles. The molecule has 2 aromatic rings. The summed E-state index contributed by atoms with van der Waals surface area (Å²) in [5.41, 5.74) is 4.96. The average molecular weight is 371 g/mol. The summed E-state index contributed by atoms with van der Waals surface area (Å²) in [6.07, 6.45) is -1.79. The highest BCUT2D eigenvalue weighted by molar-refractivity contribution is 5.86. The third-order valence-corrected chi connectivity index (χ3v) is 3.47. The van der Waals surface area contributed by atoms with Gasteiger partial charge in [-0.05, 0) is 62.4 Å². The van der Waals surface area contributed by atoms with Crippen LogP contribution >= 0.6 is 0 Å². The van der Waals surface area contributed by atoms with Crippen molar-refractivity contribution in [2.75, 3.05) is 0 Å². The van der Waals surface area contributed by atoms with Gasteiger partial charge in [-0.15, -0.1) is 0 Å². The Bertz CT molecular complexity index is 832. The van der Waals surface area contributed by atoms with Gasteiger partial charge in [-0.2, -0.15) is 5.26 Å². The van der Waals surface area contributed by atoms with Crippen molar-refractivity contribution < 1.29 is 23.5 Å². The smallest absolute Gasteiger partial charge is 0.279 e. The molecule has 0 bridgehead atoms. The Morgan fingerprint density at radius 1 is 0.889 bits per heavy atom. The maximum atomic E-state index is 12.9. The van der Waals surface area contributed by atoms with Crippen molar-refractivity contribution in [2.45, 2.75) is 26.1 Å². The van der Waals surface area contributed by atoms with Crippen molar-refractivity contribution in [3.05, 3.63) is 59.9 Å². The maximum Gasteiger partial charge on any atom is 0.279 e. The van der Waals surface area contributed by atoms with Gasteiger partial charge < -0.3 is 9.47 Å². The summed E-state index contributed by atoms with van der Waals surface area (Å²) < 4.78 is 23.6. The van der Waals surface area contributed by atoms with Crippen molar-refractivity contribution >= 4 is 11.8 Å². The summed E-state index contributed by atoms with van der Waals surface area (Å²) in [6, 6.07) is 13.5. The zero-order valence-corrected chi connectivity index (χ0v) is 14.7. The van der Waals surface area contributed by atoms with E-state index in [1.54, 1.807) is 24.3 Å². The quantitative estimate of drug-likeness (QED) is 0.757. The third kappa shape index (κ3) is 6.01. The van der Waals surface area contributed by atoms with Crippen molar-refractivity contribution in [3.8, 4) is 17.6 Å². The topological polar surface area (TPSA) is 100 Å². The SMILES string of the molecule is CC(Oc1ccc(F)cc1)C(=O)NNC(=O)C(C)Oc1ccc(C#N)cc1. The number of hydrazine groups is 1. The van der Waals surface area contributed by atoms with Crippen LogP contribution in [0.4, 0.5) is 4.39 Å². The fourth-order valence-electron chi connectivity index (χ4n) is 1.96. The normalized spacial score (nSPS) is 12.2. The summed E-state index contributed by atoms with van der Waals surface area (Å²) in [5.74, 6) is -0.832. The first-order valence-electron chi connectivity index (χ1n) is 8.08. The van der Waals surface area contributed by atoms with E-state index in [9.17, 15) is 14.0 Å². The minimum atomic E-state index is -0.912. The Kier molecular flexibility index (Phi) is 6.72. The molecule has 0 fully saturated rings. The first kappa shape index (κ1) is 19.7. The van der Waals surface area contributed by atoms with Crippen molar-refractivity contribution in [1.29, 1.82) is 5.26 Å². The number of amides is 2.